The summed E-state index contributed by atoms with van der Waals surface area (Å²) >= 11 is 0. The fourth-order valence-corrected chi connectivity index (χ4v) is 5.37. The Labute approximate surface area is 99.8 Å². The number of hydrogen-bond donors (Lipinski definition) is 0. The summed E-state index contributed by atoms with van der Waals surface area (Å²) in [5.41, 5.74) is 5.61. The predicted octanol–water partition coefficient (Wildman–Crippen LogP) is 4.71. The number of rotatable bonds is 2. The Morgan fingerprint density at radius 2 is 1.62 bits per heavy atom. The van der Waals surface area contributed by atoms with Crippen LogP contribution < -0.4 is 0 Å². The molecule has 0 radical (unpaired) electrons. The molecule has 0 amide bonds. The molecule has 4 aliphatic rings. The van der Waals surface area contributed by atoms with E-state index in [1.54, 1.807) is 19.3 Å². The molecule has 0 spiro atoms. The molecule has 4 rings (SSSR count). The fraction of sp³-hybridized carbons (Fsp3) is 0.812. The summed E-state index contributed by atoms with van der Waals surface area (Å²) in [5, 5.41) is 0. The fourth-order valence-electron chi connectivity index (χ4n) is 5.37. The van der Waals surface area contributed by atoms with Crippen molar-refractivity contribution in [1.82, 2.24) is 0 Å². The molecule has 0 heteroatoms. The Morgan fingerprint density at radius 1 is 1.12 bits per heavy atom. The SMILES string of the molecule is CC=C=C(C)CC12CC3CC(CC(C3)C1)C2. The molecule has 0 saturated heterocycles. The van der Waals surface area contributed by atoms with E-state index in [1.807, 2.05) is 0 Å². The van der Waals surface area contributed by atoms with E-state index in [9.17, 15) is 0 Å². The van der Waals surface area contributed by atoms with Crippen molar-refractivity contribution in [2.24, 2.45) is 23.2 Å². The van der Waals surface area contributed by atoms with Gasteiger partial charge in [0.1, 0.15) is 0 Å². The van der Waals surface area contributed by atoms with Crippen molar-refractivity contribution in [3.63, 3.8) is 0 Å². The van der Waals surface area contributed by atoms with Crippen molar-refractivity contribution in [2.75, 3.05) is 0 Å². The Morgan fingerprint density at radius 3 is 2.06 bits per heavy atom. The largest absolute Gasteiger partial charge is 0.127 e. The zero-order valence-corrected chi connectivity index (χ0v) is 10.8. The van der Waals surface area contributed by atoms with Gasteiger partial charge in [-0.1, -0.05) is 0 Å². The van der Waals surface area contributed by atoms with Crippen LogP contribution in [0.25, 0.3) is 0 Å². The van der Waals surface area contributed by atoms with E-state index < -0.39 is 0 Å². The zero-order valence-electron chi connectivity index (χ0n) is 10.8. The van der Waals surface area contributed by atoms with Gasteiger partial charge in [-0.2, -0.15) is 0 Å². The van der Waals surface area contributed by atoms with Crippen molar-refractivity contribution in [3.8, 4) is 0 Å². The van der Waals surface area contributed by atoms with Crippen LogP contribution in [0.4, 0.5) is 0 Å². The quantitative estimate of drug-likeness (QED) is 0.586. The second-order valence-corrected chi connectivity index (χ2v) is 6.81. The molecule has 88 valence electrons. The Hall–Kier alpha value is -0.480. The first-order valence-corrected chi connectivity index (χ1v) is 7.06. The summed E-state index contributed by atoms with van der Waals surface area (Å²) in [6, 6.07) is 0. The standard InChI is InChI=1S/C16H24/c1-3-4-12(2)8-16-9-13-5-14(10-16)7-15(6-13)11-16/h3,13-15H,5-11H2,1-2H3. The minimum Gasteiger partial charge on any atom is -0.127 e. The second kappa shape index (κ2) is 3.77. The molecule has 0 heterocycles. The van der Waals surface area contributed by atoms with Crippen LogP contribution in [0, 0.1) is 23.2 Å². The summed E-state index contributed by atoms with van der Waals surface area (Å²) in [5.74, 6) is 3.26. The van der Waals surface area contributed by atoms with E-state index in [1.165, 1.54) is 31.3 Å². The molecular weight excluding hydrogens is 192 g/mol. The average molecular weight is 216 g/mol. The lowest BCUT2D eigenvalue weighted by Gasteiger charge is -2.57. The maximum atomic E-state index is 3.41. The summed E-state index contributed by atoms with van der Waals surface area (Å²) in [4.78, 5) is 0. The van der Waals surface area contributed by atoms with Crippen LogP contribution in [0.5, 0.6) is 0 Å². The lowest BCUT2D eigenvalue weighted by atomic mass is 9.48. The van der Waals surface area contributed by atoms with Gasteiger partial charge in [0.2, 0.25) is 0 Å². The lowest BCUT2D eigenvalue weighted by Crippen LogP contribution is -2.46. The van der Waals surface area contributed by atoms with E-state index in [-0.39, 0.29) is 0 Å². The summed E-state index contributed by atoms with van der Waals surface area (Å²) in [7, 11) is 0. The minimum absolute atomic E-state index is 0.703. The molecule has 4 saturated carbocycles. The van der Waals surface area contributed by atoms with Crippen LogP contribution in [0.2, 0.25) is 0 Å². The molecular formula is C16H24. The predicted molar refractivity (Wildman–Crippen MR) is 68.2 cm³/mol. The van der Waals surface area contributed by atoms with Gasteiger partial charge in [-0.3, -0.25) is 0 Å². The smallest absolute Gasteiger partial charge is 0.0190 e. The molecule has 0 aromatic rings. The van der Waals surface area contributed by atoms with Gasteiger partial charge in [0.05, 0.1) is 0 Å². The Kier molecular flexibility index (Phi) is 2.51. The van der Waals surface area contributed by atoms with Crippen LogP contribution in [0.15, 0.2) is 17.4 Å². The van der Waals surface area contributed by atoms with Crippen LogP contribution >= 0.6 is 0 Å². The van der Waals surface area contributed by atoms with Gasteiger partial charge in [0, 0.05) is 0 Å². The third-order valence-corrected chi connectivity index (χ3v) is 5.20. The molecule has 4 fully saturated rings. The van der Waals surface area contributed by atoms with E-state index in [2.05, 4.69) is 25.7 Å². The molecule has 0 aromatic carbocycles. The molecule has 4 bridgehead atoms. The average Bonchev–Trinajstić information content (AvgIpc) is 2.13. The van der Waals surface area contributed by atoms with Gasteiger partial charge in [-0.15, -0.1) is 5.73 Å². The topological polar surface area (TPSA) is 0 Å². The summed E-state index contributed by atoms with van der Waals surface area (Å²) in [6.07, 6.45) is 12.7. The van der Waals surface area contributed by atoms with Crippen molar-refractivity contribution >= 4 is 0 Å². The van der Waals surface area contributed by atoms with E-state index in [0.29, 0.717) is 5.41 Å². The minimum atomic E-state index is 0.703. The van der Waals surface area contributed by atoms with Crippen molar-refractivity contribution in [1.29, 1.82) is 0 Å². The molecule has 0 N–H and O–H groups in total. The van der Waals surface area contributed by atoms with Crippen molar-refractivity contribution in [3.05, 3.63) is 17.4 Å². The van der Waals surface area contributed by atoms with E-state index in [4.69, 9.17) is 0 Å². The highest BCUT2D eigenvalue weighted by molar-refractivity contribution is 5.09. The maximum absolute atomic E-state index is 3.41. The highest BCUT2D eigenvalue weighted by Gasteiger charge is 2.50. The second-order valence-electron chi connectivity index (χ2n) is 6.81. The lowest BCUT2D eigenvalue weighted by molar-refractivity contribution is -0.0520. The third kappa shape index (κ3) is 1.78. The van der Waals surface area contributed by atoms with Gasteiger partial charge in [-0.25, -0.2) is 0 Å². The van der Waals surface area contributed by atoms with E-state index >= 15 is 0 Å². The first-order valence-electron chi connectivity index (χ1n) is 7.06. The molecule has 0 atom stereocenters. The monoisotopic (exact) mass is 216 g/mol. The first-order chi connectivity index (χ1) is 7.69. The van der Waals surface area contributed by atoms with E-state index in [0.717, 1.165) is 17.8 Å². The van der Waals surface area contributed by atoms with Gasteiger partial charge in [-0.05, 0) is 93.6 Å². The van der Waals surface area contributed by atoms with Gasteiger partial charge in [0.15, 0.2) is 0 Å². The third-order valence-electron chi connectivity index (χ3n) is 5.20. The van der Waals surface area contributed by atoms with Crippen LogP contribution in [0.1, 0.15) is 58.8 Å². The molecule has 4 aliphatic carbocycles. The van der Waals surface area contributed by atoms with Crippen LogP contribution in [0.3, 0.4) is 0 Å². The summed E-state index contributed by atoms with van der Waals surface area (Å²) in [6.45, 7) is 4.36. The molecule has 16 heavy (non-hydrogen) atoms. The van der Waals surface area contributed by atoms with Crippen LogP contribution in [-0.2, 0) is 0 Å². The van der Waals surface area contributed by atoms with Gasteiger partial charge in [0.25, 0.3) is 0 Å². The molecule has 0 nitrogen and oxygen atoms in total. The molecule has 0 aliphatic heterocycles. The molecule has 0 unspecified atom stereocenters. The van der Waals surface area contributed by atoms with Gasteiger partial charge < -0.3 is 0 Å². The molecule has 0 aromatic heterocycles. The zero-order chi connectivity index (χ0) is 11.2. The normalized spacial score (nSPS) is 44.2. The Bertz CT molecular complexity index is 306. The van der Waals surface area contributed by atoms with Crippen molar-refractivity contribution < 1.29 is 0 Å². The Balaban J connectivity index is 1.81. The number of allylic oxidation sites excluding steroid dienone is 1. The summed E-state index contributed by atoms with van der Waals surface area (Å²) < 4.78 is 0. The highest BCUT2D eigenvalue weighted by atomic mass is 14.5. The number of hydrogen-bond acceptors (Lipinski definition) is 0. The highest BCUT2D eigenvalue weighted by Crippen LogP contribution is 2.61. The van der Waals surface area contributed by atoms with Gasteiger partial charge >= 0.3 is 0 Å². The van der Waals surface area contributed by atoms with Crippen LogP contribution in [-0.4, -0.2) is 0 Å². The first kappa shape index (κ1) is 10.7. The van der Waals surface area contributed by atoms with Crippen molar-refractivity contribution in [2.45, 2.75) is 58.8 Å². The maximum Gasteiger partial charge on any atom is -0.0190 e.